The van der Waals surface area contributed by atoms with E-state index in [1.54, 1.807) is 48.8 Å². The van der Waals surface area contributed by atoms with Gasteiger partial charge in [-0.25, -0.2) is 9.97 Å². The Morgan fingerprint density at radius 3 is 2.48 bits per heavy atom. The normalized spacial score (nSPS) is 11.2. The summed E-state index contributed by atoms with van der Waals surface area (Å²) in [5.41, 5.74) is 0.808. The van der Waals surface area contributed by atoms with E-state index in [0.717, 1.165) is 5.39 Å². The lowest BCUT2D eigenvalue weighted by atomic mass is 10.0. The van der Waals surface area contributed by atoms with Gasteiger partial charge in [-0.1, -0.05) is 42.5 Å². The number of fused-ring (bicyclic) bond motifs is 1. The number of aromatic nitrogens is 5. The van der Waals surface area contributed by atoms with Crippen LogP contribution in [-0.4, -0.2) is 35.7 Å². The Morgan fingerprint density at radius 2 is 1.67 bits per heavy atom. The molecule has 5 rings (SSSR count). The van der Waals surface area contributed by atoms with Gasteiger partial charge in [0.15, 0.2) is 5.75 Å². The van der Waals surface area contributed by atoms with Crippen LogP contribution in [0.5, 0.6) is 5.75 Å². The van der Waals surface area contributed by atoms with Gasteiger partial charge < -0.3 is 10.4 Å². The SMILES string of the molecule is O=C(Nc1ccccc1)c1c(O)c(N=Nc2ncnn2-c2ncccn2)cc2ccccc12. The minimum absolute atomic E-state index is 0.0961. The third-order valence-electron chi connectivity index (χ3n) is 4.78. The Balaban J connectivity index is 1.56. The molecule has 2 heterocycles. The first kappa shape index (κ1) is 19.9. The fraction of sp³-hybridized carbons (Fsp3) is 0. The quantitative estimate of drug-likeness (QED) is 0.388. The Labute approximate surface area is 187 Å². The second-order valence-corrected chi connectivity index (χ2v) is 6.88. The monoisotopic (exact) mass is 436 g/mol. The molecular weight excluding hydrogens is 420 g/mol. The highest BCUT2D eigenvalue weighted by Gasteiger charge is 2.20. The van der Waals surface area contributed by atoms with E-state index in [0.29, 0.717) is 11.1 Å². The van der Waals surface area contributed by atoms with Crippen molar-refractivity contribution in [3.63, 3.8) is 0 Å². The lowest BCUT2D eigenvalue weighted by molar-refractivity contribution is 0.102. The summed E-state index contributed by atoms with van der Waals surface area (Å²) >= 11 is 0. The van der Waals surface area contributed by atoms with Crippen LogP contribution in [0.15, 0.2) is 95.7 Å². The average molecular weight is 436 g/mol. The van der Waals surface area contributed by atoms with Gasteiger partial charge in [-0.05, 0) is 35.0 Å². The zero-order valence-electron chi connectivity index (χ0n) is 17.1. The van der Waals surface area contributed by atoms with Crippen molar-refractivity contribution in [2.75, 3.05) is 5.32 Å². The van der Waals surface area contributed by atoms with Gasteiger partial charge in [-0.3, -0.25) is 4.79 Å². The molecule has 0 atom stereocenters. The molecule has 0 radical (unpaired) electrons. The highest BCUT2D eigenvalue weighted by molar-refractivity contribution is 6.16. The van der Waals surface area contributed by atoms with Gasteiger partial charge in [-0.15, -0.1) is 10.2 Å². The molecule has 10 nitrogen and oxygen atoms in total. The summed E-state index contributed by atoms with van der Waals surface area (Å²) in [5, 5.41) is 27.4. The van der Waals surface area contributed by atoms with E-state index in [2.05, 4.69) is 35.6 Å². The van der Waals surface area contributed by atoms with Crippen LogP contribution in [-0.2, 0) is 0 Å². The average Bonchev–Trinajstić information content (AvgIpc) is 3.32. The van der Waals surface area contributed by atoms with Gasteiger partial charge in [0.1, 0.15) is 12.0 Å². The van der Waals surface area contributed by atoms with Gasteiger partial charge in [0.2, 0.25) is 0 Å². The largest absolute Gasteiger partial charge is 0.505 e. The van der Waals surface area contributed by atoms with E-state index in [9.17, 15) is 9.90 Å². The fourth-order valence-corrected chi connectivity index (χ4v) is 3.29. The van der Waals surface area contributed by atoms with E-state index >= 15 is 0 Å². The first-order chi connectivity index (χ1) is 16.2. The molecule has 0 aliphatic heterocycles. The van der Waals surface area contributed by atoms with Crippen LogP contribution in [0.1, 0.15) is 10.4 Å². The molecule has 33 heavy (non-hydrogen) atoms. The summed E-state index contributed by atoms with van der Waals surface area (Å²) in [6, 6.07) is 19.5. The molecule has 5 aromatic rings. The van der Waals surface area contributed by atoms with Crippen molar-refractivity contribution in [1.82, 2.24) is 24.7 Å². The van der Waals surface area contributed by atoms with E-state index in [4.69, 9.17) is 0 Å². The zero-order chi connectivity index (χ0) is 22.6. The predicted octanol–water partition coefficient (Wildman–Crippen LogP) is 4.58. The highest BCUT2D eigenvalue weighted by atomic mass is 16.3. The molecule has 0 aliphatic rings. The van der Waals surface area contributed by atoms with Crippen LogP contribution in [0.2, 0.25) is 0 Å². The number of amides is 1. The van der Waals surface area contributed by atoms with Crippen LogP contribution >= 0.6 is 0 Å². The lowest BCUT2D eigenvalue weighted by Crippen LogP contribution is -2.12. The number of benzene rings is 3. The van der Waals surface area contributed by atoms with Crippen LogP contribution in [0, 0.1) is 0 Å². The first-order valence-corrected chi connectivity index (χ1v) is 9.91. The molecule has 10 heteroatoms. The van der Waals surface area contributed by atoms with Crippen molar-refractivity contribution < 1.29 is 9.90 Å². The Hall–Kier alpha value is -4.99. The number of hydrogen-bond donors (Lipinski definition) is 2. The zero-order valence-corrected chi connectivity index (χ0v) is 17.1. The predicted molar refractivity (Wildman–Crippen MR) is 121 cm³/mol. The maximum absolute atomic E-state index is 13.1. The Bertz CT molecular complexity index is 1470. The lowest BCUT2D eigenvalue weighted by Gasteiger charge is -2.12. The van der Waals surface area contributed by atoms with Crippen molar-refractivity contribution in [3.05, 3.63) is 91.0 Å². The number of rotatable bonds is 5. The van der Waals surface area contributed by atoms with Crippen LogP contribution in [0.25, 0.3) is 16.7 Å². The summed E-state index contributed by atoms with van der Waals surface area (Å²) in [5.74, 6) is -0.376. The van der Waals surface area contributed by atoms with Gasteiger partial charge in [0, 0.05) is 18.1 Å². The molecule has 1 amide bonds. The number of azo groups is 1. The molecule has 0 saturated heterocycles. The molecule has 160 valence electrons. The number of nitrogens with zero attached hydrogens (tertiary/aromatic N) is 7. The minimum Gasteiger partial charge on any atom is -0.505 e. The number of nitrogens with one attached hydrogen (secondary N) is 1. The standard InChI is InChI=1S/C23H16N8O2/c32-20-18(29-30-23-26-14-27-31(23)22-24-11-6-12-25-22)13-15-7-4-5-10-17(15)19(20)21(33)28-16-8-2-1-3-9-16/h1-14,32H,(H,28,33). The smallest absolute Gasteiger partial charge is 0.274 e. The third kappa shape index (κ3) is 4.00. The van der Waals surface area contributed by atoms with Gasteiger partial charge in [0.05, 0.1) is 5.56 Å². The second kappa shape index (κ2) is 8.63. The van der Waals surface area contributed by atoms with Gasteiger partial charge in [0.25, 0.3) is 17.8 Å². The summed E-state index contributed by atoms with van der Waals surface area (Å²) in [6.07, 6.45) is 4.43. The number of aromatic hydroxyl groups is 1. The van der Waals surface area contributed by atoms with Crippen LogP contribution in [0.4, 0.5) is 17.3 Å². The van der Waals surface area contributed by atoms with Crippen LogP contribution < -0.4 is 5.32 Å². The van der Waals surface area contributed by atoms with E-state index in [-0.39, 0.29) is 28.9 Å². The number of carbonyl (C=O) groups excluding carboxylic acids is 1. The van der Waals surface area contributed by atoms with Crippen molar-refractivity contribution in [2.24, 2.45) is 10.2 Å². The molecule has 0 saturated carbocycles. The summed E-state index contributed by atoms with van der Waals surface area (Å²) in [6.45, 7) is 0. The minimum atomic E-state index is -0.465. The number of para-hydroxylation sites is 1. The van der Waals surface area contributed by atoms with Crippen molar-refractivity contribution in [1.29, 1.82) is 0 Å². The molecule has 2 N–H and O–H groups in total. The van der Waals surface area contributed by atoms with Crippen molar-refractivity contribution >= 4 is 34.0 Å². The van der Waals surface area contributed by atoms with E-state index in [1.807, 2.05) is 30.3 Å². The van der Waals surface area contributed by atoms with Gasteiger partial charge >= 0.3 is 0 Å². The van der Waals surface area contributed by atoms with E-state index in [1.165, 1.54) is 11.0 Å². The maximum Gasteiger partial charge on any atom is 0.274 e. The van der Waals surface area contributed by atoms with Crippen molar-refractivity contribution in [3.8, 4) is 11.7 Å². The van der Waals surface area contributed by atoms with Crippen molar-refractivity contribution in [2.45, 2.75) is 0 Å². The number of phenolic OH excluding ortho intramolecular Hbond substituents is 1. The number of hydrogen-bond acceptors (Lipinski definition) is 8. The fourth-order valence-electron chi connectivity index (χ4n) is 3.29. The molecule has 2 aromatic heterocycles. The second-order valence-electron chi connectivity index (χ2n) is 6.88. The molecular formula is C23H16N8O2. The molecule has 0 fully saturated rings. The Kier molecular flexibility index (Phi) is 5.22. The molecule has 0 spiro atoms. The summed E-state index contributed by atoms with van der Waals surface area (Å²) in [7, 11) is 0. The first-order valence-electron chi connectivity index (χ1n) is 9.91. The molecule has 0 bridgehead atoms. The topological polar surface area (TPSA) is 131 Å². The number of phenols is 1. The third-order valence-corrected chi connectivity index (χ3v) is 4.78. The van der Waals surface area contributed by atoms with E-state index < -0.39 is 5.91 Å². The molecule has 0 aliphatic carbocycles. The number of anilines is 1. The summed E-state index contributed by atoms with van der Waals surface area (Å²) < 4.78 is 1.31. The van der Waals surface area contributed by atoms with Crippen LogP contribution in [0.3, 0.4) is 0 Å². The molecule has 0 unspecified atom stereocenters. The molecule has 3 aromatic carbocycles. The Morgan fingerprint density at radius 1 is 0.909 bits per heavy atom. The van der Waals surface area contributed by atoms with Gasteiger partial charge in [-0.2, -0.15) is 14.8 Å². The summed E-state index contributed by atoms with van der Waals surface area (Å²) in [4.78, 5) is 25.4. The maximum atomic E-state index is 13.1. The number of carbonyl (C=O) groups is 1. The highest BCUT2D eigenvalue weighted by Crippen LogP contribution is 2.38.